The number of amides is 1. The van der Waals surface area contributed by atoms with E-state index in [0.717, 1.165) is 5.57 Å². The van der Waals surface area contributed by atoms with Crippen LogP contribution in [0.5, 0.6) is 0 Å². The van der Waals surface area contributed by atoms with Gasteiger partial charge in [0.2, 0.25) is 0 Å². The van der Waals surface area contributed by atoms with Gasteiger partial charge in [0.15, 0.2) is 0 Å². The second-order valence-corrected chi connectivity index (χ2v) is 5.38. The smallest absolute Gasteiger partial charge is 0.252 e. The number of carbonyl (C=O) groups excluding carboxylic acids is 1. The summed E-state index contributed by atoms with van der Waals surface area (Å²) in [6.45, 7) is 2.79. The molecule has 17 heavy (non-hydrogen) atoms. The average Bonchev–Trinajstić information content (AvgIpc) is 2.75. The van der Waals surface area contributed by atoms with Gasteiger partial charge in [0.1, 0.15) is 6.67 Å². The summed E-state index contributed by atoms with van der Waals surface area (Å²) in [5.41, 5.74) is 3.38. The van der Waals surface area contributed by atoms with Gasteiger partial charge in [-0.15, -0.1) is 0 Å². The lowest BCUT2D eigenvalue weighted by Gasteiger charge is -2.23. The Morgan fingerprint density at radius 3 is 2.94 bits per heavy atom. The van der Waals surface area contributed by atoms with Crippen LogP contribution in [0.1, 0.15) is 13.8 Å². The number of nitrogens with one attached hydrogen (secondary N) is 1. The van der Waals surface area contributed by atoms with Crippen LogP contribution in [0, 0.1) is 5.92 Å². The van der Waals surface area contributed by atoms with Gasteiger partial charge >= 0.3 is 0 Å². The van der Waals surface area contributed by atoms with Crippen LogP contribution >= 0.6 is 0 Å². The predicted octanol–water partition coefficient (Wildman–Crippen LogP) is 2.21. The minimum Gasteiger partial charge on any atom is -0.345 e. The van der Waals surface area contributed by atoms with Crippen LogP contribution in [0.15, 0.2) is 46.6 Å². The van der Waals surface area contributed by atoms with Crippen LogP contribution in [0.25, 0.3) is 0 Å². The summed E-state index contributed by atoms with van der Waals surface area (Å²) in [5.74, 6) is 0.257. The zero-order valence-electron chi connectivity index (χ0n) is 9.88. The number of hydrogen-bond donors (Lipinski definition) is 1. The van der Waals surface area contributed by atoms with Crippen LogP contribution in [-0.2, 0) is 4.79 Å². The number of allylic oxidation sites excluding steroid dienone is 6. The Kier molecular flexibility index (Phi) is 1.97. The molecule has 1 amide bonds. The number of rotatable bonds is 3. The van der Waals surface area contributed by atoms with Crippen molar-refractivity contribution in [3.8, 4) is 0 Å². The Labute approximate surface area is 99.6 Å². The van der Waals surface area contributed by atoms with Gasteiger partial charge < -0.3 is 5.32 Å². The highest BCUT2D eigenvalue weighted by Gasteiger charge is 2.39. The third-order valence-corrected chi connectivity index (χ3v) is 3.32. The molecule has 1 N–H and O–H groups in total. The molecule has 88 valence electrons. The van der Waals surface area contributed by atoms with E-state index >= 15 is 0 Å². The standard InChI is InChI=1S/C14H14FNO/c1-14(2,7-15)16-13(17)10-4-3-9-11-5-8(11)6-12(9)10/h3-6,11H,7H2,1-2H3,(H,16,17). The zero-order chi connectivity index (χ0) is 12.2. The molecule has 3 rings (SSSR count). The van der Waals surface area contributed by atoms with E-state index < -0.39 is 12.2 Å². The second kappa shape index (κ2) is 3.19. The molecule has 0 aromatic rings. The van der Waals surface area contributed by atoms with E-state index in [0.29, 0.717) is 11.5 Å². The van der Waals surface area contributed by atoms with E-state index in [-0.39, 0.29) is 5.91 Å². The molecule has 0 saturated carbocycles. The molecule has 0 heterocycles. The van der Waals surface area contributed by atoms with Crippen molar-refractivity contribution in [2.75, 3.05) is 6.67 Å². The van der Waals surface area contributed by atoms with Crippen molar-refractivity contribution in [3.05, 3.63) is 46.6 Å². The maximum atomic E-state index is 12.7. The van der Waals surface area contributed by atoms with Crippen LogP contribution in [0.3, 0.4) is 0 Å². The molecule has 0 bridgehead atoms. The van der Waals surface area contributed by atoms with Crippen molar-refractivity contribution >= 4 is 5.91 Å². The Bertz CT molecular complexity index is 534. The highest BCUT2D eigenvalue weighted by Crippen LogP contribution is 2.51. The van der Waals surface area contributed by atoms with E-state index in [9.17, 15) is 9.18 Å². The van der Waals surface area contributed by atoms with Gasteiger partial charge in [-0.1, -0.05) is 12.2 Å². The van der Waals surface area contributed by atoms with Gasteiger partial charge in [-0.3, -0.25) is 4.79 Å². The van der Waals surface area contributed by atoms with E-state index in [1.807, 2.05) is 12.2 Å². The summed E-state index contributed by atoms with van der Waals surface area (Å²) >= 11 is 0. The van der Waals surface area contributed by atoms with Gasteiger partial charge in [0, 0.05) is 11.5 Å². The fourth-order valence-corrected chi connectivity index (χ4v) is 2.26. The number of halogens is 1. The highest BCUT2D eigenvalue weighted by atomic mass is 19.1. The second-order valence-electron chi connectivity index (χ2n) is 5.38. The lowest BCUT2D eigenvalue weighted by molar-refractivity contribution is -0.118. The molecular formula is C14H14FNO. The molecule has 0 aliphatic heterocycles. The summed E-state index contributed by atoms with van der Waals surface area (Å²) < 4.78 is 12.7. The molecule has 0 aromatic carbocycles. The molecule has 0 aromatic heterocycles. The Morgan fingerprint density at radius 1 is 1.47 bits per heavy atom. The SMILES string of the molecule is CC(C)(CF)NC(=O)C1=CC=C2C1=CC1=CC12. The Hall–Kier alpha value is -1.64. The Morgan fingerprint density at radius 2 is 2.24 bits per heavy atom. The zero-order valence-corrected chi connectivity index (χ0v) is 9.88. The molecule has 0 spiro atoms. The molecule has 0 radical (unpaired) electrons. The van der Waals surface area contributed by atoms with E-state index in [1.54, 1.807) is 13.8 Å². The van der Waals surface area contributed by atoms with Crippen molar-refractivity contribution < 1.29 is 9.18 Å². The molecular weight excluding hydrogens is 217 g/mol. The molecule has 2 nitrogen and oxygen atoms in total. The van der Waals surface area contributed by atoms with Gasteiger partial charge in [-0.2, -0.15) is 0 Å². The topological polar surface area (TPSA) is 29.1 Å². The molecule has 0 saturated heterocycles. The van der Waals surface area contributed by atoms with Crippen molar-refractivity contribution in [1.29, 1.82) is 0 Å². The van der Waals surface area contributed by atoms with Crippen molar-refractivity contribution in [3.63, 3.8) is 0 Å². The fourth-order valence-electron chi connectivity index (χ4n) is 2.26. The molecule has 1 atom stereocenters. The van der Waals surface area contributed by atoms with Gasteiger partial charge in [-0.05, 0) is 42.7 Å². The monoisotopic (exact) mass is 231 g/mol. The summed E-state index contributed by atoms with van der Waals surface area (Å²) in [6, 6.07) is 0. The minimum absolute atomic E-state index is 0.188. The number of carbonyl (C=O) groups is 1. The molecule has 3 aliphatic rings. The third-order valence-electron chi connectivity index (χ3n) is 3.32. The summed E-state index contributed by atoms with van der Waals surface area (Å²) in [7, 11) is 0. The van der Waals surface area contributed by atoms with Crippen LogP contribution in [-0.4, -0.2) is 18.1 Å². The Balaban J connectivity index is 1.77. The summed E-state index contributed by atoms with van der Waals surface area (Å²) in [6.07, 6.45) is 8.05. The summed E-state index contributed by atoms with van der Waals surface area (Å²) in [4.78, 5) is 12.0. The van der Waals surface area contributed by atoms with E-state index in [1.165, 1.54) is 11.1 Å². The fraction of sp³-hybridized carbons (Fsp3) is 0.357. The predicted molar refractivity (Wildman–Crippen MR) is 64.0 cm³/mol. The van der Waals surface area contributed by atoms with Crippen LogP contribution in [0.4, 0.5) is 4.39 Å². The third kappa shape index (κ3) is 1.57. The van der Waals surface area contributed by atoms with E-state index in [2.05, 4.69) is 17.5 Å². The minimum atomic E-state index is -0.804. The molecule has 3 aliphatic carbocycles. The van der Waals surface area contributed by atoms with Crippen LogP contribution < -0.4 is 5.32 Å². The average molecular weight is 231 g/mol. The van der Waals surface area contributed by atoms with Gasteiger partial charge in [0.05, 0.1) is 5.54 Å². The quantitative estimate of drug-likeness (QED) is 0.792. The van der Waals surface area contributed by atoms with Crippen LogP contribution in [0.2, 0.25) is 0 Å². The lowest BCUT2D eigenvalue weighted by Crippen LogP contribution is -2.45. The first-order valence-corrected chi connectivity index (χ1v) is 5.76. The van der Waals surface area contributed by atoms with Crippen molar-refractivity contribution in [2.45, 2.75) is 19.4 Å². The first kappa shape index (κ1) is 10.5. The van der Waals surface area contributed by atoms with Crippen molar-refractivity contribution in [1.82, 2.24) is 5.32 Å². The molecule has 0 fully saturated rings. The first-order chi connectivity index (χ1) is 8.02. The molecule has 3 heteroatoms. The van der Waals surface area contributed by atoms with Gasteiger partial charge in [0.25, 0.3) is 5.91 Å². The van der Waals surface area contributed by atoms with Crippen molar-refractivity contribution in [2.24, 2.45) is 5.92 Å². The molecule has 1 unspecified atom stereocenters. The number of fused-ring (bicyclic) bond motifs is 3. The highest BCUT2D eigenvalue weighted by molar-refractivity contribution is 6.02. The first-order valence-electron chi connectivity index (χ1n) is 5.76. The largest absolute Gasteiger partial charge is 0.345 e. The number of hydrogen-bond acceptors (Lipinski definition) is 1. The van der Waals surface area contributed by atoms with Gasteiger partial charge in [-0.25, -0.2) is 4.39 Å². The summed E-state index contributed by atoms with van der Waals surface area (Å²) in [5, 5.41) is 2.71. The van der Waals surface area contributed by atoms with E-state index in [4.69, 9.17) is 0 Å². The maximum absolute atomic E-state index is 12.7. The lowest BCUT2D eigenvalue weighted by atomic mass is 10.0. The normalized spacial score (nSPS) is 24.3. The maximum Gasteiger partial charge on any atom is 0.252 e. The number of alkyl halides is 1.